The van der Waals surface area contributed by atoms with Crippen LogP contribution in [-0.2, 0) is 26.0 Å². The highest BCUT2D eigenvalue weighted by molar-refractivity contribution is 7.89. The Hall–Kier alpha value is -2.91. The molecule has 8 nitrogen and oxygen atoms in total. The second-order valence-corrected chi connectivity index (χ2v) is 8.24. The van der Waals surface area contributed by atoms with Gasteiger partial charge in [0.15, 0.2) is 0 Å². The van der Waals surface area contributed by atoms with Crippen molar-refractivity contribution in [2.75, 3.05) is 7.11 Å². The summed E-state index contributed by atoms with van der Waals surface area (Å²) in [5.41, 5.74) is 1.22. The van der Waals surface area contributed by atoms with Crippen molar-refractivity contribution < 1.29 is 27.9 Å². The highest BCUT2D eigenvalue weighted by atomic mass is 32.2. The lowest BCUT2D eigenvalue weighted by Crippen LogP contribution is -2.51. The van der Waals surface area contributed by atoms with Gasteiger partial charge in [-0.2, -0.15) is 4.72 Å². The van der Waals surface area contributed by atoms with Gasteiger partial charge >= 0.3 is 5.97 Å². The molecule has 3 N–H and O–H groups in total. The average Bonchev–Trinajstić information content (AvgIpc) is 2.67. The minimum atomic E-state index is -3.93. The summed E-state index contributed by atoms with van der Waals surface area (Å²) >= 11 is 0. The quantitative estimate of drug-likeness (QED) is 0.565. The summed E-state index contributed by atoms with van der Waals surface area (Å²) in [6.45, 7) is 3.01. The number of amides is 1. The second kappa shape index (κ2) is 9.53. The monoisotopic (exact) mass is 420 g/mol. The van der Waals surface area contributed by atoms with Gasteiger partial charge in [-0.15, -0.1) is 0 Å². The summed E-state index contributed by atoms with van der Waals surface area (Å²) in [5.74, 6) is -1.32. The van der Waals surface area contributed by atoms with Gasteiger partial charge in [0.1, 0.15) is 11.8 Å². The standard InChI is InChI=1S/C20H24N2O6S/c1-13-6-4-5-7-18(13)29(26,27)22-14(2)19(23)21-17(20(24)25)12-15-8-10-16(28-3)11-9-15/h4-11,14,17,22H,12H2,1-3H3,(H,21,23)(H,24,25). The normalized spacial score (nSPS) is 13.3. The lowest BCUT2D eigenvalue weighted by atomic mass is 10.1. The molecule has 2 aromatic carbocycles. The first-order valence-electron chi connectivity index (χ1n) is 8.88. The van der Waals surface area contributed by atoms with E-state index in [0.29, 0.717) is 16.9 Å². The van der Waals surface area contributed by atoms with Gasteiger partial charge in [0.05, 0.1) is 18.0 Å². The number of carboxylic acids is 1. The second-order valence-electron chi connectivity index (χ2n) is 6.56. The molecule has 0 aliphatic rings. The van der Waals surface area contributed by atoms with Crippen molar-refractivity contribution in [2.45, 2.75) is 37.2 Å². The smallest absolute Gasteiger partial charge is 0.326 e. The number of benzene rings is 2. The van der Waals surface area contributed by atoms with Crippen molar-refractivity contribution in [1.82, 2.24) is 10.0 Å². The molecular weight excluding hydrogens is 396 g/mol. The fourth-order valence-electron chi connectivity index (χ4n) is 2.70. The van der Waals surface area contributed by atoms with Gasteiger partial charge in [0.25, 0.3) is 0 Å². The first-order chi connectivity index (χ1) is 13.6. The van der Waals surface area contributed by atoms with Crippen LogP contribution >= 0.6 is 0 Å². The summed E-state index contributed by atoms with van der Waals surface area (Å²) in [5, 5.41) is 11.8. The zero-order valence-electron chi connectivity index (χ0n) is 16.4. The molecule has 2 unspecified atom stereocenters. The van der Waals surface area contributed by atoms with Crippen LogP contribution in [0.4, 0.5) is 0 Å². The van der Waals surface area contributed by atoms with E-state index in [9.17, 15) is 23.1 Å². The molecule has 0 saturated heterocycles. The Morgan fingerprint density at radius 3 is 2.28 bits per heavy atom. The van der Waals surface area contributed by atoms with E-state index in [-0.39, 0.29) is 11.3 Å². The van der Waals surface area contributed by atoms with E-state index >= 15 is 0 Å². The number of rotatable bonds is 9. The SMILES string of the molecule is COc1ccc(CC(NC(=O)C(C)NS(=O)(=O)c2ccccc2C)C(=O)O)cc1. The fraction of sp³-hybridized carbons (Fsp3) is 0.300. The van der Waals surface area contributed by atoms with Crippen molar-refractivity contribution in [3.05, 3.63) is 59.7 Å². The molecule has 1 amide bonds. The maximum atomic E-state index is 12.5. The number of carbonyl (C=O) groups excluding carboxylic acids is 1. The van der Waals surface area contributed by atoms with Gasteiger partial charge in [-0.05, 0) is 43.2 Å². The van der Waals surface area contributed by atoms with E-state index in [1.807, 2.05) is 0 Å². The van der Waals surface area contributed by atoms with Gasteiger partial charge in [0, 0.05) is 6.42 Å². The van der Waals surface area contributed by atoms with Crippen molar-refractivity contribution in [3.8, 4) is 5.75 Å². The molecule has 0 bridgehead atoms. The van der Waals surface area contributed by atoms with Gasteiger partial charge in [0.2, 0.25) is 15.9 Å². The Bertz CT molecular complexity index is 973. The third-order valence-corrected chi connectivity index (χ3v) is 6.02. The summed E-state index contributed by atoms with van der Waals surface area (Å²) < 4.78 is 32.4. The van der Waals surface area contributed by atoms with Crippen LogP contribution in [0.15, 0.2) is 53.4 Å². The summed E-state index contributed by atoms with van der Waals surface area (Å²) in [7, 11) is -2.41. The number of carboxylic acid groups (broad SMARTS) is 1. The van der Waals surface area contributed by atoms with E-state index in [0.717, 1.165) is 0 Å². The number of aliphatic carboxylic acids is 1. The lowest BCUT2D eigenvalue weighted by Gasteiger charge is -2.19. The summed E-state index contributed by atoms with van der Waals surface area (Å²) in [6, 6.07) is 10.8. The summed E-state index contributed by atoms with van der Waals surface area (Å²) in [6.07, 6.45) is 0.0440. The summed E-state index contributed by atoms with van der Waals surface area (Å²) in [4.78, 5) is 24.0. The average molecular weight is 420 g/mol. The number of methoxy groups -OCH3 is 1. The number of carbonyl (C=O) groups is 2. The Morgan fingerprint density at radius 1 is 1.10 bits per heavy atom. The van der Waals surface area contributed by atoms with E-state index in [2.05, 4.69) is 10.0 Å². The predicted molar refractivity (Wildman–Crippen MR) is 107 cm³/mol. The highest BCUT2D eigenvalue weighted by Gasteiger charge is 2.27. The van der Waals surface area contributed by atoms with Crippen LogP contribution in [0.25, 0.3) is 0 Å². The van der Waals surface area contributed by atoms with E-state index < -0.39 is 34.0 Å². The van der Waals surface area contributed by atoms with Crippen LogP contribution in [0.5, 0.6) is 5.75 Å². The zero-order chi connectivity index (χ0) is 21.6. The van der Waals surface area contributed by atoms with Crippen LogP contribution in [0, 0.1) is 6.92 Å². The van der Waals surface area contributed by atoms with Crippen molar-refractivity contribution >= 4 is 21.9 Å². The highest BCUT2D eigenvalue weighted by Crippen LogP contribution is 2.15. The van der Waals surface area contributed by atoms with Gasteiger partial charge in [-0.25, -0.2) is 13.2 Å². The Balaban J connectivity index is 2.06. The molecule has 0 fully saturated rings. The lowest BCUT2D eigenvalue weighted by molar-refractivity contribution is -0.141. The predicted octanol–water partition coefficient (Wildman–Crippen LogP) is 1.48. The molecule has 9 heteroatoms. The maximum absolute atomic E-state index is 12.5. The Morgan fingerprint density at radius 2 is 1.72 bits per heavy atom. The third-order valence-electron chi connectivity index (χ3n) is 4.32. The van der Waals surface area contributed by atoms with Gasteiger partial charge in [-0.1, -0.05) is 30.3 Å². The Kier molecular flexibility index (Phi) is 7.35. The molecule has 2 rings (SSSR count). The minimum absolute atomic E-state index is 0.0440. The molecule has 29 heavy (non-hydrogen) atoms. The number of ether oxygens (including phenoxy) is 1. The maximum Gasteiger partial charge on any atom is 0.326 e. The molecule has 2 aromatic rings. The number of sulfonamides is 1. The molecule has 156 valence electrons. The van der Waals surface area contributed by atoms with Crippen molar-refractivity contribution in [1.29, 1.82) is 0 Å². The number of hydrogen-bond donors (Lipinski definition) is 3. The molecule has 2 atom stereocenters. The van der Waals surface area contributed by atoms with Crippen molar-refractivity contribution in [3.63, 3.8) is 0 Å². The number of nitrogens with one attached hydrogen (secondary N) is 2. The fourth-order valence-corrected chi connectivity index (χ4v) is 4.15. The largest absolute Gasteiger partial charge is 0.497 e. The molecule has 0 heterocycles. The molecule has 0 aromatic heterocycles. The van der Waals surface area contributed by atoms with Crippen LogP contribution in [-0.4, -0.2) is 44.6 Å². The molecular formula is C20H24N2O6S. The molecule has 0 aliphatic heterocycles. The van der Waals surface area contributed by atoms with Gasteiger partial charge in [-0.3, -0.25) is 4.79 Å². The zero-order valence-corrected chi connectivity index (χ0v) is 17.2. The van der Waals surface area contributed by atoms with Crippen LogP contribution < -0.4 is 14.8 Å². The topological polar surface area (TPSA) is 122 Å². The minimum Gasteiger partial charge on any atom is -0.497 e. The first-order valence-corrected chi connectivity index (χ1v) is 10.4. The molecule has 0 spiro atoms. The first kappa shape index (κ1) is 22.4. The van der Waals surface area contributed by atoms with Gasteiger partial charge < -0.3 is 15.2 Å². The van der Waals surface area contributed by atoms with E-state index in [1.54, 1.807) is 49.4 Å². The van der Waals surface area contributed by atoms with Crippen LogP contribution in [0.2, 0.25) is 0 Å². The number of aryl methyl sites for hydroxylation is 1. The van der Waals surface area contributed by atoms with E-state index in [1.165, 1.54) is 20.1 Å². The van der Waals surface area contributed by atoms with Crippen LogP contribution in [0.1, 0.15) is 18.1 Å². The van der Waals surface area contributed by atoms with Crippen molar-refractivity contribution in [2.24, 2.45) is 0 Å². The third kappa shape index (κ3) is 6.03. The Labute approximate surface area is 169 Å². The van der Waals surface area contributed by atoms with Crippen LogP contribution in [0.3, 0.4) is 0 Å². The molecule has 0 saturated carbocycles. The number of hydrogen-bond acceptors (Lipinski definition) is 5. The molecule has 0 aliphatic carbocycles. The van der Waals surface area contributed by atoms with E-state index in [4.69, 9.17) is 4.74 Å². The molecule has 0 radical (unpaired) electrons.